The monoisotopic (exact) mass is 922 g/mol. The number of carbonyl (C=O) groups excluding carboxylic acids is 2. The molecule has 2 aromatic heterocycles. The predicted octanol–water partition coefficient (Wildman–Crippen LogP) is 13.2. The Kier molecular flexibility index (Phi) is 16.6. The van der Waals surface area contributed by atoms with E-state index >= 15 is 0 Å². The van der Waals surface area contributed by atoms with Crippen LogP contribution in [0.3, 0.4) is 0 Å². The van der Waals surface area contributed by atoms with Crippen molar-refractivity contribution in [2.45, 2.75) is 79.3 Å². The van der Waals surface area contributed by atoms with Gasteiger partial charge >= 0.3 is 0 Å². The Hall–Kier alpha value is -7.08. The summed E-state index contributed by atoms with van der Waals surface area (Å²) in [5, 5.41) is 6.08. The molecule has 0 radical (unpaired) electrons. The number of halogens is 4. The van der Waals surface area contributed by atoms with Gasteiger partial charge in [-0.15, -0.1) is 0 Å². The first-order valence-electron chi connectivity index (χ1n) is 23.5. The van der Waals surface area contributed by atoms with Crippen LogP contribution in [0.25, 0.3) is 44.3 Å². The zero-order chi connectivity index (χ0) is 48.2. The fraction of sp³-hybridized carbons (Fsp3) is 0.286. The van der Waals surface area contributed by atoms with Gasteiger partial charge in [0.1, 0.15) is 0 Å². The molecule has 0 bridgehead atoms. The van der Waals surface area contributed by atoms with Gasteiger partial charge in [-0.25, -0.2) is 27.5 Å². The third-order valence-corrected chi connectivity index (χ3v) is 12.1. The molecule has 6 aromatic carbocycles. The van der Waals surface area contributed by atoms with E-state index in [4.69, 9.17) is 0 Å². The summed E-state index contributed by atoms with van der Waals surface area (Å²) in [5.41, 5.74) is 7.49. The minimum Gasteiger partial charge on any atom is -0.349 e. The number of fused-ring (bicyclic) bond motifs is 2. The lowest BCUT2D eigenvalue weighted by molar-refractivity contribution is 0.0926. The number of imidazole rings is 2. The molecule has 0 aliphatic rings. The van der Waals surface area contributed by atoms with Crippen LogP contribution in [0, 0.1) is 35.1 Å². The van der Waals surface area contributed by atoms with Crippen LogP contribution in [0.2, 0.25) is 0 Å². The van der Waals surface area contributed by atoms with Gasteiger partial charge in [-0.3, -0.25) is 9.59 Å². The summed E-state index contributed by atoms with van der Waals surface area (Å²) >= 11 is 0. The Morgan fingerprint density at radius 3 is 1.41 bits per heavy atom. The highest BCUT2D eigenvalue weighted by Gasteiger charge is 2.21. The number of benzene rings is 6. The van der Waals surface area contributed by atoms with Crippen LogP contribution in [0.4, 0.5) is 17.6 Å². The Labute approximate surface area is 395 Å². The van der Waals surface area contributed by atoms with Crippen LogP contribution < -0.4 is 10.6 Å². The molecule has 2 N–H and O–H groups in total. The Morgan fingerprint density at radius 2 is 0.926 bits per heavy atom. The Balaban J connectivity index is 0.000000201. The van der Waals surface area contributed by atoms with Crippen molar-refractivity contribution in [1.82, 2.24) is 29.7 Å². The fourth-order valence-electron chi connectivity index (χ4n) is 8.16. The van der Waals surface area contributed by atoms with Crippen LogP contribution in [-0.2, 0) is 13.1 Å². The SMILES string of the molecule is CCCC[C@H](C)CNC(=O)c1nc2cc(-c3ccc(F)c(F)c3)ccc2n1Cc1ccccc1.CCCC[C@H](C)CNC(=O)c1nc2ccc(-c3ccc(F)c(F)c3)cc2n1Cc1ccccc1. The van der Waals surface area contributed by atoms with Gasteiger partial charge < -0.3 is 19.8 Å². The third kappa shape index (κ3) is 12.3. The molecule has 0 saturated carbocycles. The fourth-order valence-corrected chi connectivity index (χ4v) is 8.16. The van der Waals surface area contributed by atoms with E-state index < -0.39 is 23.3 Å². The summed E-state index contributed by atoms with van der Waals surface area (Å²) in [6.45, 7) is 10.7. The van der Waals surface area contributed by atoms with Crippen molar-refractivity contribution in [3.05, 3.63) is 180 Å². The Morgan fingerprint density at radius 1 is 0.500 bits per heavy atom. The molecule has 0 fully saturated rings. The molecule has 2 amide bonds. The number of carbonyl (C=O) groups is 2. The van der Waals surface area contributed by atoms with Gasteiger partial charge in [0.05, 0.1) is 22.1 Å². The van der Waals surface area contributed by atoms with Crippen LogP contribution >= 0.6 is 0 Å². The van der Waals surface area contributed by atoms with E-state index in [0.717, 1.165) is 78.4 Å². The van der Waals surface area contributed by atoms with E-state index in [2.05, 4.69) is 48.3 Å². The number of unbranched alkanes of at least 4 members (excludes halogenated alkanes) is 2. The van der Waals surface area contributed by atoms with E-state index in [1.54, 1.807) is 6.07 Å². The Bertz CT molecular complexity index is 2940. The van der Waals surface area contributed by atoms with E-state index in [1.165, 1.54) is 18.2 Å². The number of aromatic nitrogens is 4. The minimum atomic E-state index is -0.899. The maximum Gasteiger partial charge on any atom is 0.287 e. The molecule has 2 atom stereocenters. The number of amides is 2. The molecule has 352 valence electrons. The zero-order valence-electron chi connectivity index (χ0n) is 39.0. The quantitative estimate of drug-likeness (QED) is 0.0838. The van der Waals surface area contributed by atoms with Gasteiger partial charge in [-0.05, 0) is 107 Å². The van der Waals surface area contributed by atoms with Crippen LogP contribution in [-0.4, -0.2) is 44.0 Å². The van der Waals surface area contributed by atoms with E-state index in [0.29, 0.717) is 77.4 Å². The molecule has 68 heavy (non-hydrogen) atoms. The standard InChI is InChI=1S/2C28H29F2N3O/c1-3-4-8-19(2)17-31-28(34)27-32-25-16-22(21-11-13-23(29)24(30)15-21)12-14-26(25)33(27)18-20-9-6-5-7-10-20;1-3-4-8-19(2)17-31-28(34)27-32-25-14-12-22(21-11-13-23(29)24(30)15-21)16-26(25)33(27)18-20-9-6-5-7-10-20/h2*5-7,9-16,19H,3-4,8,17-18H2,1-2H3,(H,31,34)/t2*19-/m00/s1. The second-order valence-electron chi connectivity index (χ2n) is 17.6. The van der Waals surface area contributed by atoms with Crippen LogP contribution in [0.15, 0.2) is 133 Å². The molecule has 8 rings (SSSR count). The topological polar surface area (TPSA) is 93.8 Å². The molecule has 0 aliphatic carbocycles. The maximum atomic E-state index is 13.8. The zero-order valence-corrected chi connectivity index (χ0v) is 39.0. The average Bonchev–Trinajstić information content (AvgIpc) is 3.90. The predicted molar refractivity (Wildman–Crippen MR) is 263 cm³/mol. The first kappa shape index (κ1) is 48.8. The second kappa shape index (κ2) is 23.1. The van der Waals surface area contributed by atoms with Crippen molar-refractivity contribution >= 4 is 33.9 Å². The number of nitrogens with one attached hydrogen (secondary N) is 2. The largest absolute Gasteiger partial charge is 0.349 e. The highest BCUT2D eigenvalue weighted by molar-refractivity contribution is 5.97. The van der Waals surface area contributed by atoms with E-state index in [-0.39, 0.29) is 11.8 Å². The van der Waals surface area contributed by atoms with Crippen molar-refractivity contribution in [3.8, 4) is 22.3 Å². The normalized spacial score (nSPS) is 12.1. The summed E-state index contributed by atoms with van der Waals surface area (Å²) in [7, 11) is 0. The lowest BCUT2D eigenvalue weighted by Crippen LogP contribution is -2.30. The van der Waals surface area contributed by atoms with E-state index in [9.17, 15) is 27.2 Å². The van der Waals surface area contributed by atoms with Gasteiger partial charge in [-0.2, -0.15) is 0 Å². The highest BCUT2D eigenvalue weighted by Crippen LogP contribution is 2.29. The van der Waals surface area contributed by atoms with Crippen molar-refractivity contribution in [2.24, 2.45) is 11.8 Å². The molecule has 8 aromatic rings. The van der Waals surface area contributed by atoms with Gasteiger partial charge in [0.2, 0.25) is 0 Å². The molecule has 0 saturated heterocycles. The average molecular weight is 923 g/mol. The molecule has 12 heteroatoms. The maximum absolute atomic E-state index is 13.8. The summed E-state index contributed by atoms with van der Waals surface area (Å²) in [6.07, 6.45) is 6.66. The number of rotatable bonds is 18. The lowest BCUT2D eigenvalue weighted by Gasteiger charge is -2.13. The molecule has 0 unspecified atom stereocenters. The second-order valence-corrected chi connectivity index (χ2v) is 17.6. The summed E-state index contributed by atoms with van der Waals surface area (Å²) in [5.74, 6) is -2.55. The van der Waals surface area contributed by atoms with Crippen molar-refractivity contribution in [3.63, 3.8) is 0 Å². The third-order valence-electron chi connectivity index (χ3n) is 12.1. The van der Waals surface area contributed by atoms with Crippen molar-refractivity contribution < 1.29 is 27.2 Å². The number of hydrogen-bond donors (Lipinski definition) is 2. The van der Waals surface area contributed by atoms with Gasteiger partial charge in [0, 0.05) is 26.2 Å². The van der Waals surface area contributed by atoms with Crippen molar-refractivity contribution in [2.75, 3.05) is 13.1 Å². The van der Waals surface area contributed by atoms with E-state index in [1.807, 2.05) is 106 Å². The smallest absolute Gasteiger partial charge is 0.287 e. The molecule has 0 spiro atoms. The lowest BCUT2D eigenvalue weighted by atomic mass is 10.0. The summed E-state index contributed by atoms with van der Waals surface area (Å²) in [4.78, 5) is 35.6. The molecule has 2 heterocycles. The number of hydrogen-bond acceptors (Lipinski definition) is 4. The summed E-state index contributed by atoms with van der Waals surface area (Å²) in [6, 6.07) is 38.4. The minimum absolute atomic E-state index is 0.218. The van der Waals surface area contributed by atoms with Crippen LogP contribution in [0.5, 0.6) is 0 Å². The van der Waals surface area contributed by atoms with Gasteiger partial charge in [0.15, 0.2) is 34.9 Å². The molecule has 8 nitrogen and oxygen atoms in total. The van der Waals surface area contributed by atoms with Crippen molar-refractivity contribution in [1.29, 1.82) is 0 Å². The van der Waals surface area contributed by atoms with Crippen LogP contribution in [0.1, 0.15) is 98.6 Å². The first-order valence-corrected chi connectivity index (χ1v) is 23.5. The van der Waals surface area contributed by atoms with Gasteiger partial charge in [-0.1, -0.05) is 138 Å². The first-order chi connectivity index (χ1) is 32.9. The molecular weight excluding hydrogens is 865 g/mol. The molecular formula is C56H58F4N6O2. The summed E-state index contributed by atoms with van der Waals surface area (Å²) < 4.78 is 58.2. The molecule has 0 aliphatic heterocycles. The van der Waals surface area contributed by atoms with Gasteiger partial charge in [0.25, 0.3) is 11.8 Å². The highest BCUT2D eigenvalue weighted by atomic mass is 19.2. The number of nitrogens with zero attached hydrogens (tertiary/aromatic N) is 4.